The lowest BCUT2D eigenvalue weighted by molar-refractivity contribution is -0.149. The number of amides is 2. The fourth-order valence-electron chi connectivity index (χ4n) is 3.95. The van der Waals surface area contributed by atoms with Crippen LogP contribution in [-0.2, 0) is 16.0 Å². The van der Waals surface area contributed by atoms with E-state index < -0.39 is 0 Å². The first-order valence-electron chi connectivity index (χ1n) is 9.55. The minimum Gasteiger partial charge on any atom is -0.494 e. The second-order valence-corrected chi connectivity index (χ2v) is 7.09. The van der Waals surface area contributed by atoms with Gasteiger partial charge in [0.25, 0.3) is 0 Å². The molecule has 2 aliphatic heterocycles. The van der Waals surface area contributed by atoms with Crippen molar-refractivity contribution in [3.8, 4) is 5.75 Å². The molecular weight excluding hydrogens is 340 g/mol. The molecule has 1 atom stereocenters. The molecule has 0 aromatic heterocycles. The van der Waals surface area contributed by atoms with Crippen molar-refractivity contribution in [2.75, 3.05) is 26.2 Å². The number of piperazine rings is 1. The first kappa shape index (κ1) is 17.6. The lowest BCUT2D eigenvalue weighted by Crippen LogP contribution is -2.55. The van der Waals surface area contributed by atoms with E-state index in [2.05, 4.69) is 12.1 Å². The third kappa shape index (κ3) is 3.82. The Kier molecular flexibility index (Phi) is 5.10. The van der Waals surface area contributed by atoms with E-state index in [1.54, 1.807) is 4.90 Å². The highest BCUT2D eigenvalue weighted by molar-refractivity contribution is 5.86. The van der Waals surface area contributed by atoms with Crippen LogP contribution in [0.25, 0.3) is 0 Å². The van der Waals surface area contributed by atoms with Crippen molar-refractivity contribution in [1.29, 1.82) is 0 Å². The minimum absolute atomic E-state index is 0.0132. The molecule has 1 unspecified atom stereocenters. The molecule has 1 fully saturated rings. The van der Waals surface area contributed by atoms with Gasteiger partial charge in [0, 0.05) is 19.5 Å². The van der Waals surface area contributed by atoms with Crippen molar-refractivity contribution in [2.24, 2.45) is 0 Å². The topological polar surface area (TPSA) is 49.9 Å². The monoisotopic (exact) mass is 364 g/mol. The molecule has 0 saturated carbocycles. The van der Waals surface area contributed by atoms with Crippen LogP contribution in [-0.4, -0.2) is 47.9 Å². The fraction of sp³-hybridized carbons (Fsp3) is 0.364. The molecule has 2 amide bonds. The lowest BCUT2D eigenvalue weighted by Gasteiger charge is -2.44. The van der Waals surface area contributed by atoms with Crippen LogP contribution in [0.15, 0.2) is 54.6 Å². The van der Waals surface area contributed by atoms with Gasteiger partial charge in [-0.1, -0.05) is 42.5 Å². The van der Waals surface area contributed by atoms with Crippen LogP contribution in [0, 0.1) is 0 Å². The van der Waals surface area contributed by atoms with Crippen LogP contribution in [0.5, 0.6) is 5.75 Å². The standard InChI is InChI=1S/C22H24N2O3/c25-21(11-6-14-27-18-8-2-1-3-9-18)23-15-20-19-10-5-4-7-17(19)12-13-24(20)22(26)16-23/h1-5,7-10,20H,6,11-16H2. The summed E-state index contributed by atoms with van der Waals surface area (Å²) in [5.74, 6) is 0.893. The van der Waals surface area contributed by atoms with Gasteiger partial charge in [-0.05, 0) is 36.1 Å². The van der Waals surface area contributed by atoms with Gasteiger partial charge in [0.2, 0.25) is 11.8 Å². The normalized spacial score (nSPS) is 18.7. The summed E-state index contributed by atoms with van der Waals surface area (Å²) in [6.07, 6.45) is 1.93. The minimum atomic E-state index is -0.0132. The van der Waals surface area contributed by atoms with E-state index in [9.17, 15) is 9.59 Å². The molecular formula is C22H24N2O3. The smallest absolute Gasteiger partial charge is 0.242 e. The van der Waals surface area contributed by atoms with Gasteiger partial charge < -0.3 is 14.5 Å². The third-order valence-electron chi connectivity index (χ3n) is 5.35. The van der Waals surface area contributed by atoms with Crippen molar-refractivity contribution in [3.63, 3.8) is 0 Å². The molecule has 140 valence electrons. The Morgan fingerprint density at radius 2 is 1.85 bits per heavy atom. The maximum absolute atomic E-state index is 12.6. The summed E-state index contributed by atoms with van der Waals surface area (Å²) in [4.78, 5) is 28.9. The number of para-hydroxylation sites is 1. The number of nitrogens with zero attached hydrogens (tertiary/aromatic N) is 2. The van der Waals surface area contributed by atoms with Crippen LogP contribution < -0.4 is 4.74 Å². The van der Waals surface area contributed by atoms with Gasteiger partial charge in [0.15, 0.2) is 0 Å². The summed E-state index contributed by atoms with van der Waals surface area (Å²) in [6.45, 7) is 2.02. The van der Waals surface area contributed by atoms with Crippen LogP contribution in [0.3, 0.4) is 0 Å². The van der Waals surface area contributed by atoms with E-state index >= 15 is 0 Å². The molecule has 2 aromatic carbocycles. The lowest BCUT2D eigenvalue weighted by atomic mass is 9.90. The largest absolute Gasteiger partial charge is 0.494 e. The molecule has 5 nitrogen and oxygen atoms in total. The van der Waals surface area contributed by atoms with Gasteiger partial charge in [-0.25, -0.2) is 0 Å². The predicted octanol–water partition coefficient (Wildman–Crippen LogP) is 2.81. The fourth-order valence-corrected chi connectivity index (χ4v) is 3.95. The highest BCUT2D eigenvalue weighted by Gasteiger charge is 2.38. The number of benzene rings is 2. The molecule has 5 heteroatoms. The molecule has 0 N–H and O–H groups in total. The zero-order chi connectivity index (χ0) is 18.6. The number of hydrogen-bond donors (Lipinski definition) is 0. The number of rotatable bonds is 5. The maximum atomic E-state index is 12.6. The summed E-state index contributed by atoms with van der Waals surface area (Å²) in [5, 5.41) is 0. The molecule has 2 heterocycles. The summed E-state index contributed by atoms with van der Waals surface area (Å²) < 4.78 is 5.65. The van der Waals surface area contributed by atoms with E-state index in [0.29, 0.717) is 26.0 Å². The van der Waals surface area contributed by atoms with Gasteiger partial charge in [-0.2, -0.15) is 0 Å². The molecule has 0 radical (unpaired) electrons. The third-order valence-corrected chi connectivity index (χ3v) is 5.35. The summed E-state index contributed by atoms with van der Waals surface area (Å²) in [6, 6.07) is 17.8. The van der Waals surface area contributed by atoms with Crippen molar-refractivity contribution < 1.29 is 14.3 Å². The summed E-state index contributed by atoms with van der Waals surface area (Å²) in [5.41, 5.74) is 2.47. The quantitative estimate of drug-likeness (QED) is 0.767. The van der Waals surface area contributed by atoms with Crippen molar-refractivity contribution in [3.05, 3.63) is 65.7 Å². The van der Waals surface area contributed by atoms with Crippen LogP contribution >= 0.6 is 0 Å². The van der Waals surface area contributed by atoms with Crippen LogP contribution in [0.4, 0.5) is 0 Å². The Hall–Kier alpha value is -2.82. The zero-order valence-electron chi connectivity index (χ0n) is 15.3. The molecule has 27 heavy (non-hydrogen) atoms. The summed E-state index contributed by atoms with van der Waals surface area (Å²) in [7, 11) is 0. The SMILES string of the molecule is O=C(CCCOc1ccccc1)N1CC(=O)N2CCc3ccccc3C2C1. The average Bonchev–Trinajstić information content (AvgIpc) is 2.71. The van der Waals surface area contributed by atoms with E-state index in [-0.39, 0.29) is 24.4 Å². The number of hydrogen-bond acceptors (Lipinski definition) is 3. The Morgan fingerprint density at radius 3 is 2.70 bits per heavy atom. The second-order valence-electron chi connectivity index (χ2n) is 7.09. The van der Waals surface area contributed by atoms with Crippen molar-refractivity contribution in [2.45, 2.75) is 25.3 Å². The number of carbonyl (C=O) groups is 2. The van der Waals surface area contributed by atoms with Gasteiger partial charge >= 0.3 is 0 Å². The maximum Gasteiger partial charge on any atom is 0.242 e. The Morgan fingerprint density at radius 1 is 1.07 bits per heavy atom. The molecule has 2 aliphatic rings. The number of ether oxygens (including phenoxy) is 1. The van der Waals surface area contributed by atoms with E-state index in [4.69, 9.17) is 4.74 Å². The first-order chi connectivity index (χ1) is 13.2. The van der Waals surface area contributed by atoms with Crippen LogP contribution in [0.2, 0.25) is 0 Å². The van der Waals surface area contributed by atoms with Crippen LogP contribution in [0.1, 0.15) is 30.0 Å². The van der Waals surface area contributed by atoms with Gasteiger partial charge in [-0.15, -0.1) is 0 Å². The molecule has 4 rings (SSSR count). The van der Waals surface area contributed by atoms with Gasteiger partial charge in [0.1, 0.15) is 5.75 Å². The predicted molar refractivity (Wildman–Crippen MR) is 102 cm³/mol. The number of fused-ring (bicyclic) bond motifs is 3. The van der Waals surface area contributed by atoms with Crippen molar-refractivity contribution >= 4 is 11.8 Å². The van der Waals surface area contributed by atoms with E-state index in [1.165, 1.54) is 11.1 Å². The Bertz CT molecular complexity index is 821. The van der Waals surface area contributed by atoms with E-state index in [0.717, 1.165) is 18.7 Å². The van der Waals surface area contributed by atoms with E-state index in [1.807, 2.05) is 47.4 Å². The molecule has 0 spiro atoms. The molecule has 1 saturated heterocycles. The van der Waals surface area contributed by atoms with Crippen molar-refractivity contribution in [1.82, 2.24) is 9.80 Å². The van der Waals surface area contributed by atoms with Gasteiger partial charge in [0.05, 0.1) is 19.2 Å². The Balaban J connectivity index is 1.34. The molecule has 0 aliphatic carbocycles. The Labute approximate surface area is 159 Å². The highest BCUT2D eigenvalue weighted by Crippen LogP contribution is 2.33. The molecule has 0 bridgehead atoms. The highest BCUT2D eigenvalue weighted by atomic mass is 16.5. The second kappa shape index (κ2) is 7.82. The number of carbonyl (C=O) groups excluding carboxylic acids is 2. The van der Waals surface area contributed by atoms with Gasteiger partial charge in [-0.3, -0.25) is 9.59 Å². The molecule has 2 aromatic rings. The first-order valence-corrected chi connectivity index (χ1v) is 9.55. The summed E-state index contributed by atoms with van der Waals surface area (Å²) >= 11 is 0. The average molecular weight is 364 g/mol. The zero-order valence-corrected chi connectivity index (χ0v) is 15.3.